The number of carbonyl (C=O) groups is 1. The number of rotatable bonds is 3. The highest BCUT2D eigenvalue weighted by Crippen LogP contribution is 2.48. The first-order valence-corrected chi connectivity index (χ1v) is 5.46. The Hall–Kier alpha value is -0.370. The van der Waals surface area contributed by atoms with Crippen LogP contribution in [0.1, 0.15) is 46.0 Å². The summed E-state index contributed by atoms with van der Waals surface area (Å²) in [5.41, 5.74) is 5.61. The van der Waals surface area contributed by atoms with Crippen molar-refractivity contribution in [3.63, 3.8) is 0 Å². The van der Waals surface area contributed by atoms with E-state index < -0.39 is 0 Å². The number of Topliss-reactive ketones (excluding diaryl/α,β-unsaturated/α-hetero) is 1. The standard InChI is InChI=1S/C6H11N.C5H10O/c7-6-3-5(6)4-1-2-4;1-3-5(6)4-2/h4-6H,1-3,7H2;3-4H2,1-2H3. The van der Waals surface area contributed by atoms with Crippen LogP contribution in [0.15, 0.2) is 0 Å². The maximum Gasteiger partial charge on any atom is 0.132 e. The Kier molecular flexibility index (Phi) is 3.91. The maximum atomic E-state index is 10.2. The molecule has 2 rings (SSSR count). The van der Waals surface area contributed by atoms with Crippen LogP contribution in [0.2, 0.25) is 0 Å². The van der Waals surface area contributed by atoms with Crippen LogP contribution < -0.4 is 5.73 Å². The van der Waals surface area contributed by atoms with Gasteiger partial charge in [0, 0.05) is 18.9 Å². The van der Waals surface area contributed by atoms with E-state index in [0.717, 1.165) is 11.8 Å². The zero-order valence-corrected chi connectivity index (χ0v) is 8.75. The van der Waals surface area contributed by atoms with Crippen molar-refractivity contribution in [3.8, 4) is 0 Å². The fourth-order valence-corrected chi connectivity index (χ4v) is 1.55. The minimum atomic E-state index is 0.343. The van der Waals surface area contributed by atoms with Gasteiger partial charge >= 0.3 is 0 Å². The van der Waals surface area contributed by atoms with Crippen LogP contribution in [0.4, 0.5) is 0 Å². The molecular formula is C11H21NO. The third-order valence-electron chi connectivity index (χ3n) is 2.91. The lowest BCUT2D eigenvalue weighted by Crippen LogP contribution is -2.02. The Labute approximate surface area is 80.9 Å². The summed E-state index contributed by atoms with van der Waals surface area (Å²) in [6.45, 7) is 3.76. The molecule has 0 amide bonds. The molecule has 2 saturated carbocycles. The van der Waals surface area contributed by atoms with Crippen LogP contribution in [0, 0.1) is 11.8 Å². The summed E-state index contributed by atoms with van der Waals surface area (Å²) in [6.07, 6.45) is 5.65. The van der Waals surface area contributed by atoms with Crippen molar-refractivity contribution in [2.45, 2.75) is 52.0 Å². The molecule has 2 nitrogen and oxygen atoms in total. The smallest absolute Gasteiger partial charge is 0.132 e. The Balaban J connectivity index is 0.000000133. The van der Waals surface area contributed by atoms with E-state index in [1.807, 2.05) is 13.8 Å². The molecule has 0 aromatic rings. The lowest BCUT2D eigenvalue weighted by molar-refractivity contribution is -0.118. The van der Waals surface area contributed by atoms with E-state index >= 15 is 0 Å². The van der Waals surface area contributed by atoms with Crippen molar-refractivity contribution in [2.75, 3.05) is 0 Å². The molecule has 2 N–H and O–H groups in total. The van der Waals surface area contributed by atoms with Crippen LogP contribution in [-0.2, 0) is 4.79 Å². The minimum Gasteiger partial charge on any atom is -0.327 e. The minimum absolute atomic E-state index is 0.343. The molecule has 2 aliphatic carbocycles. The fraction of sp³-hybridized carbons (Fsp3) is 0.909. The summed E-state index contributed by atoms with van der Waals surface area (Å²) in [6, 6.07) is 0.604. The van der Waals surface area contributed by atoms with Crippen molar-refractivity contribution >= 4 is 5.78 Å². The van der Waals surface area contributed by atoms with Crippen molar-refractivity contribution in [3.05, 3.63) is 0 Å². The first-order valence-electron chi connectivity index (χ1n) is 5.46. The molecule has 0 saturated heterocycles. The molecule has 2 heteroatoms. The Bertz CT molecular complexity index is 169. The molecule has 0 radical (unpaired) electrons. The van der Waals surface area contributed by atoms with Crippen LogP contribution in [-0.4, -0.2) is 11.8 Å². The number of carbonyl (C=O) groups excluding carboxylic acids is 1. The van der Waals surface area contributed by atoms with Crippen molar-refractivity contribution < 1.29 is 4.79 Å². The van der Waals surface area contributed by atoms with Gasteiger partial charge < -0.3 is 5.73 Å². The van der Waals surface area contributed by atoms with E-state index in [1.54, 1.807) is 0 Å². The normalized spacial score (nSPS) is 30.4. The van der Waals surface area contributed by atoms with Gasteiger partial charge in [-0.2, -0.15) is 0 Å². The van der Waals surface area contributed by atoms with Gasteiger partial charge in [0.25, 0.3) is 0 Å². The summed E-state index contributed by atoms with van der Waals surface area (Å²) in [7, 11) is 0. The molecule has 0 aliphatic heterocycles. The SMILES string of the molecule is CCC(=O)CC.NC1CC1C1CC1. The van der Waals surface area contributed by atoms with Crippen LogP contribution >= 0.6 is 0 Å². The van der Waals surface area contributed by atoms with Crippen LogP contribution in [0.25, 0.3) is 0 Å². The number of hydrogen-bond donors (Lipinski definition) is 1. The summed E-state index contributed by atoms with van der Waals surface area (Å²) in [4.78, 5) is 10.2. The van der Waals surface area contributed by atoms with Gasteiger partial charge in [0.05, 0.1) is 0 Å². The van der Waals surface area contributed by atoms with Gasteiger partial charge in [-0.25, -0.2) is 0 Å². The second-order valence-corrected chi connectivity index (χ2v) is 4.15. The quantitative estimate of drug-likeness (QED) is 0.728. The molecule has 2 aliphatic rings. The van der Waals surface area contributed by atoms with Crippen molar-refractivity contribution in [1.29, 1.82) is 0 Å². The van der Waals surface area contributed by atoms with Gasteiger partial charge in [-0.15, -0.1) is 0 Å². The summed E-state index contributed by atoms with van der Waals surface area (Å²) < 4.78 is 0. The highest BCUT2D eigenvalue weighted by atomic mass is 16.1. The predicted molar refractivity (Wildman–Crippen MR) is 54.4 cm³/mol. The average Bonchev–Trinajstić information content (AvgIpc) is 2.97. The summed E-state index contributed by atoms with van der Waals surface area (Å²) in [5, 5.41) is 0. The second-order valence-electron chi connectivity index (χ2n) is 4.15. The zero-order valence-electron chi connectivity index (χ0n) is 8.75. The summed E-state index contributed by atoms with van der Waals surface area (Å²) in [5.74, 6) is 2.37. The molecule has 76 valence electrons. The fourth-order valence-electron chi connectivity index (χ4n) is 1.55. The molecule has 13 heavy (non-hydrogen) atoms. The second kappa shape index (κ2) is 4.75. The third kappa shape index (κ3) is 3.90. The Morgan fingerprint density at radius 2 is 1.77 bits per heavy atom. The Morgan fingerprint density at radius 3 is 1.85 bits per heavy atom. The number of hydrogen-bond acceptors (Lipinski definition) is 2. The molecule has 2 unspecified atom stereocenters. The van der Waals surface area contributed by atoms with Crippen molar-refractivity contribution in [1.82, 2.24) is 0 Å². The molecule has 0 heterocycles. The number of ketones is 1. The molecular weight excluding hydrogens is 162 g/mol. The van der Waals surface area contributed by atoms with Crippen LogP contribution in [0.5, 0.6) is 0 Å². The highest BCUT2D eigenvalue weighted by molar-refractivity contribution is 5.77. The van der Waals surface area contributed by atoms with Gasteiger partial charge in [-0.1, -0.05) is 13.8 Å². The monoisotopic (exact) mass is 183 g/mol. The van der Waals surface area contributed by atoms with Crippen LogP contribution in [0.3, 0.4) is 0 Å². The van der Waals surface area contributed by atoms with E-state index in [4.69, 9.17) is 5.73 Å². The first kappa shape index (κ1) is 10.7. The Morgan fingerprint density at radius 1 is 1.31 bits per heavy atom. The van der Waals surface area contributed by atoms with E-state index in [-0.39, 0.29) is 0 Å². The molecule has 0 aromatic carbocycles. The highest BCUT2D eigenvalue weighted by Gasteiger charge is 2.44. The summed E-state index contributed by atoms with van der Waals surface area (Å²) >= 11 is 0. The molecule has 0 bridgehead atoms. The van der Waals surface area contributed by atoms with Gasteiger partial charge in [0.2, 0.25) is 0 Å². The van der Waals surface area contributed by atoms with Gasteiger partial charge in [-0.3, -0.25) is 4.79 Å². The molecule has 0 aromatic heterocycles. The lowest BCUT2D eigenvalue weighted by atomic mass is 10.3. The molecule has 0 spiro atoms. The van der Waals surface area contributed by atoms with Gasteiger partial charge in [0.1, 0.15) is 5.78 Å². The lowest BCUT2D eigenvalue weighted by Gasteiger charge is -1.83. The number of nitrogens with two attached hydrogens (primary N) is 1. The van der Waals surface area contributed by atoms with Gasteiger partial charge in [0.15, 0.2) is 0 Å². The molecule has 2 atom stereocenters. The van der Waals surface area contributed by atoms with E-state index in [9.17, 15) is 4.79 Å². The largest absolute Gasteiger partial charge is 0.327 e. The predicted octanol–water partition coefficient (Wildman–Crippen LogP) is 2.12. The van der Waals surface area contributed by atoms with Gasteiger partial charge in [-0.05, 0) is 31.1 Å². The van der Waals surface area contributed by atoms with E-state index in [2.05, 4.69) is 0 Å². The van der Waals surface area contributed by atoms with Crippen molar-refractivity contribution in [2.24, 2.45) is 17.6 Å². The topological polar surface area (TPSA) is 43.1 Å². The third-order valence-corrected chi connectivity index (χ3v) is 2.91. The zero-order chi connectivity index (χ0) is 9.84. The average molecular weight is 183 g/mol. The maximum absolute atomic E-state index is 10.2. The first-order chi connectivity index (χ1) is 6.19. The van der Waals surface area contributed by atoms with E-state index in [0.29, 0.717) is 24.7 Å². The van der Waals surface area contributed by atoms with E-state index in [1.165, 1.54) is 19.3 Å². The molecule has 2 fully saturated rings.